The lowest BCUT2D eigenvalue weighted by molar-refractivity contribution is -0.136. The van der Waals surface area contributed by atoms with Crippen molar-refractivity contribution in [2.24, 2.45) is 5.41 Å². The van der Waals surface area contributed by atoms with Crippen LogP contribution in [0, 0.1) is 5.41 Å². The molecule has 2 rings (SSSR count). The third kappa shape index (κ3) is 3.25. The Morgan fingerprint density at radius 1 is 1.37 bits per heavy atom. The third-order valence-electron chi connectivity index (χ3n) is 4.06. The zero-order valence-electron chi connectivity index (χ0n) is 12.3. The van der Waals surface area contributed by atoms with Crippen molar-refractivity contribution in [1.82, 2.24) is 10.2 Å². The molecular formula is C14H24N2O2S. The average molecular weight is 284 g/mol. The van der Waals surface area contributed by atoms with Crippen molar-refractivity contribution in [3.63, 3.8) is 0 Å². The summed E-state index contributed by atoms with van der Waals surface area (Å²) in [7, 11) is 0. The van der Waals surface area contributed by atoms with Gasteiger partial charge < -0.3 is 10.2 Å². The van der Waals surface area contributed by atoms with Crippen LogP contribution in [0.5, 0.6) is 0 Å². The van der Waals surface area contributed by atoms with E-state index in [0.29, 0.717) is 13.0 Å². The second-order valence-corrected chi connectivity index (χ2v) is 8.04. The lowest BCUT2D eigenvalue weighted by Crippen LogP contribution is -2.53. The summed E-state index contributed by atoms with van der Waals surface area (Å²) in [5, 5.41) is 2.89. The van der Waals surface area contributed by atoms with Gasteiger partial charge in [0.15, 0.2) is 0 Å². The van der Waals surface area contributed by atoms with E-state index in [0.717, 1.165) is 6.54 Å². The average Bonchev–Trinajstić information content (AvgIpc) is 3.10. The molecule has 0 bridgehead atoms. The first-order chi connectivity index (χ1) is 8.77. The van der Waals surface area contributed by atoms with Crippen LogP contribution in [0.25, 0.3) is 0 Å². The van der Waals surface area contributed by atoms with Gasteiger partial charge in [-0.15, -0.1) is 0 Å². The highest BCUT2D eigenvalue weighted by molar-refractivity contribution is 8.00. The normalized spacial score (nSPS) is 26.9. The van der Waals surface area contributed by atoms with E-state index in [1.807, 2.05) is 37.4 Å². The maximum Gasteiger partial charge on any atom is 0.245 e. The van der Waals surface area contributed by atoms with Crippen LogP contribution in [0.4, 0.5) is 0 Å². The van der Waals surface area contributed by atoms with E-state index in [9.17, 15) is 9.59 Å². The number of thioether (sulfide) groups is 1. The van der Waals surface area contributed by atoms with Crippen molar-refractivity contribution < 1.29 is 9.59 Å². The van der Waals surface area contributed by atoms with Gasteiger partial charge in [-0.3, -0.25) is 9.59 Å². The van der Waals surface area contributed by atoms with Crippen LogP contribution in [-0.2, 0) is 9.59 Å². The number of nitrogens with zero attached hydrogens (tertiary/aromatic N) is 1. The molecule has 108 valence electrons. The van der Waals surface area contributed by atoms with Crippen LogP contribution >= 0.6 is 11.8 Å². The minimum Gasteiger partial charge on any atom is -0.344 e. The maximum absolute atomic E-state index is 12.7. The molecule has 1 N–H and O–H groups in total. The summed E-state index contributed by atoms with van der Waals surface area (Å²) in [6.07, 6.45) is 4.89. The number of carbonyl (C=O) groups is 2. The fraction of sp³-hybridized carbons (Fsp3) is 0.857. The second-order valence-electron chi connectivity index (χ2n) is 6.76. The Balaban J connectivity index is 2.14. The summed E-state index contributed by atoms with van der Waals surface area (Å²) in [5.41, 5.74) is -0.245. The topological polar surface area (TPSA) is 49.4 Å². The number of carbonyl (C=O) groups excluding carboxylic acids is 2. The quantitative estimate of drug-likeness (QED) is 0.857. The molecule has 0 aromatic heterocycles. The molecule has 2 fully saturated rings. The third-order valence-corrected chi connectivity index (χ3v) is 5.46. The lowest BCUT2D eigenvalue weighted by atomic mass is 9.86. The molecule has 19 heavy (non-hydrogen) atoms. The Morgan fingerprint density at radius 2 is 2.00 bits per heavy atom. The van der Waals surface area contributed by atoms with Crippen LogP contribution < -0.4 is 5.32 Å². The van der Waals surface area contributed by atoms with Gasteiger partial charge in [0.1, 0.15) is 6.04 Å². The fourth-order valence-corrected chi connectivity index (χ4v) is 3.28. The molecule has 1 saturated carbocycles. The van der Waals surface area contributed by atoms with Crippen molar-refractivity contribution in [1.29, 1.82) is 0 Å². The van der Waals surface area contributed by atoms with Crippen LogP contribution in [0.3, 0.4) is 0 Å². The first-order valence-electron chi connectivity index (χ1n) is 6.91. The molecule has 2 aliphatic rings. The van der Waals surface area contributed by atoms with Crippen LogP contribution in [-0.4, -0.2) is 46.8 Å². The summed E-state index contributed by atoms with van der Waals surface area (Å²) < 4.78 is 0.255. The fourth-order valence-electron chi connectivity index (χ4n) is 2.48. The number of hydrogen-bond donors (Lipinski definition) is 1. The Morgan fingerprint density at radius 3 is 2.47 bits per heavy atom. The van der Waals surface area contributed by atoms with Crippen LogP contribution in [0.2, 0.25) is 0 Å². The highest BCUT2D eigenvalue weighted by Gasteiger charge is 2.46. The SMILES string of the molecule is CSC1(CN2CCC(=O)NC(C(C)(C)C)C2=O)CC1. The van der Waals surface area contributed by atoms with Gasteiger partial charge >= 0.3 is 0 Å². The molecule has 1 aliphatic heterocycles. The molecule has 5 heteroatoms. The van der Waals surface area contributed by atoms with Crippen molar-refractivity contribution in [2.45, 2.75) is 50.8 Å². The number of nitrogens with one attached hydrogen (secondary N) is 1. The highest BCUT2D eigenvalue weighted by Crippen LogP contribution is 2.47. The van der Waals surface area contributed by atoms with Gasteiger partial charge in [-0.25, -0.2) is 0 Å². The van der Waals surface area contributed by atoms with E-state index in [4.69, 9.17) is 0 Å². The van der Waals surface area contributed by atoms with Gasteiger partial charge in [0.2, 0.25) is 11.8 Å². The number of amides is 2. The molecule has 1 heterocycles. The van der Waals surface area contributed by atoms with E-state index in [1.54, 1.807) is 0 Å². The standard InChI is InChI=1S/C14H24N2O2S/c1-13(2,3)11-12(18)16(8-5-10(17)15-11)9-14(19-4)6-7-14/h11H,5-9H2,1-4H3,(H,15,17). The molecule has 0 spiro atoms. The molecule has 1 atom stereocenters. The number of rotatable bonds is 3. The summed E-state index contributed by atoms with van der Waals surface area (Å²) in [4.78, 5) is 26.3. The lowest BCUT2D eigenvalue weighted by Gasteiger charge is -2.33. The molecule has 0 radical (unpaired) electrons. The van der Waals surface area contributed by atoms with Gasteiger partial charge in [0.25, 0.3) is 0 Å². The van der Waals surface area contributed by atoms with Crippen LogP contribution in [0.15, 0.2) is 0 Å². The molecule has 2 amide bonds. The van der Waals surface area contributed by atoms with Crippen molar-refractivity contribution in [3.05, 3.63) is 0 Å². The molecule has 0 aromatic rings. The molecule has 1 unspecified atom stereocenters. The monoisotopic (exact) mass is 284 g/mol. The van der Waals surface area contributed by atoms with Gasteiger partial charge in [-0.2, -0.15) is 11.8 Å². The smallest absolute Gasteiger partial charge is 0.245 e. The van der Waals surface area contributed by atoms with E-state index >= 15 is 0 Å². The summed E-state index contributed by atoms with van der Waals surface area (Å²) in [5.74, 6) is 0.0726. The summed E-state index contributed by atoms with van der Waals surface area (Å²) in [6.45, 7) is 7.34. The summed E-state index contributed by atoms with van der Waals surface area (Å²) in [6, 6.07) is -0.403. The molecule has 1 aliphatic carbocycles. The molecular weight excluding hydrogens is 260 g/mol. The van der Waals surface area contributed by atoms with Crippen molar-refractivity contribution >= 4 is 23.6 Å². The van der Waals surface area contributed by atoms with E-state index in [2.05, 4.69) is 11.6 Å². The predicted octanol–water partition coefficient (Wildman–Crippen LogP) is 1.65. The minimum atomic E-state index is -0.403. The van der Waals surface area contributed by atoms with E-state index in [1.165, 1.54) is 12.8 Å². The molecule has 4 nitrogen and oxygen atoms in total. The zero-order chi connectivity index (χ0) is 14.3. The Bertz CT molecular complexity index is 385. The molecule has 1 saturated heterocycles. The maximum atomic E-state index is 12.7. The van der Waals surface area contributed by atoms with Gasteiger partial charge in [-0.1, -0.05) is 20.8 Å². The Labute approximate surface area is 119 Å². The van der Waals surface area contributed by atoms with Gasteiger partial charge in [0, 0.05) is 24.3 Å². The second kappa shape index (κ2) is 5.00. The minimum absolute atomic E-state index is 0.00947. The Hall–Kier alpha value is -0.710. The number of hydrogen-bond acceptors (Lipinski definition) is 3. The summed E-state index contributed by atoms with van der Waals surface area (Å²) >= 11 is 1.85. The van der Waals surface area contributed by atoms with E-state index < -0.39 is 6.04 Å². The first kappa shape index (κ1) is 14.7. The van der Waals surface area contributed by atoms with Crippen molar-refractivity contribution in [2.75, 3.05) is 19.3 Å². The van der Waals surface area contributed by atoms with Crippen LogP contribution in [0.1, 0.15) is 40.0 Å². The zero-order valence-corrected chi connectivity index (χ0v) is 13.1. The van der Waals surface area contributed by atoms with Crippen molar-refractivity contribution in [3.8, 4) is 0 Å². The van der Waals surface area contributed by atoms with E-state index in [-0.39, 0.29) is 22.0 Å². The van der Waals surface area contributed by atoms with Gasteiger partial charge in [0.05, 0.1) is 0 Å². The first-order valence-corrected chi connectivity index (χ1v) is 8.13. The molecule has 0 aromatic carbocycles. The Kier molecular flexibility index (Phi) is 3.87. The highest BCUT2D eigenvalue weighted by atomic mass is 32.2. The largest absolute Gasteiger partial charge is 0.344 e. The van der Waals surface area contributed by atoms with Gasteiger partial charge in [-0.05, 0) is 24.5 Å². The predicted molar refractivity (Wildman–Crippen MR) is 78.1 cm³/mol.